The van der Waals surface area contributed by atoms with Gasteiger partial charge in [-0.3, -0.25) is 0 Å². The van der Waals surface area contributed by atoms with E-state index in [2.05, 4.69) is 17.4 Å². The standard InChI is InChI=1S/C29H32F3NO2/c1-20-14-27(34-3)21(2)13-26(20)23-15-22(16-25(17-23)29(30,31)32)18-35-19-28(9-11-33-12-10-28)24-7-5-4-6-8-24/h4-8,13-17,33H,9-12,18-19H2,1-3H3. The Hall–Kier alpha value is -2.83. The van der Waals surface area contributed by atoms with Crippen molar-refractivity contribution in [2.45, 2.75) is 44.9 Å². The van der Waals surface area contributed by atoms with E-state index in [1.54, 1.807) is 13.2 Å². The third-order valence-corrected chi connectivity index (χ3v) is 6.97. The molecule has 186 valence electrons. The maximum atomic E-state index is 13.8. The predicted molar refractivity (Wildman–Crippen MR) is 133 cm³/mol. The topological polar surface area (TPSA) is 30.5 Å². The number of alkyl halides is 3. The summed E-state index contributed by atoms with van der Waals surface area (Å²) in [5.74, 6) is 0.718. The third-order valence-electron chi connectivity index (χ3n) is 6.97. The zero-order chi connectivity index (χ0) is 25.1. The lowest BCUT2D eigenvalue weighted by Gasteiger charge is -2.38. The second kappa shape index (κ2) is 10.4. The Labute approximate surface area is 205 Å². The lowest BCUT2D eigenvalue weighted by molar-refractivity contribution is -0.137. The largest absolute Gasteiger partial charge is 0.496 e. The highest BCUT2D eigenvalue weighted by molar-refractivity contribution is 5.71. The molecule has 1 N–H and O–H groups in total. The minimum Gasteiger partial charge on any atom is -0.496 e. The number of hydrogen-bond donors (Lipinski definition) is 1. The lowest BCUT2D eigenvalue weighted by atomic mass is 9.74. The Morgan fingerprint density at radius 2 is 1.63 bits per heavy atom. The summed E-state index contributed by atoms with van der Waals surface area (Å²) in [7, 11) is 1.59. The molecule has 0 aliphatic carbocycles. The molecule has 1 heterocycles. The molecule has 0 unspecified atom stereocenters. The van der Waals surface area contributed by atoms with Gasteiger partial charge in [0.1, 0.15) is 5.75 Å². The van der Waals surface area contributed by atoms with Gasteiger partial charge >= 0.3 is 6.18 Å². The summed E-state index contributed by atoms with van der Waals surface area (Å²) in [5.41, 5.74) is 3.95. The van der Waals surface area contributed by atoms with Crippen LogP contribution in [0.1, 0.15) is 40.7 Å². The van der Waals surface area contributed by atoms with Crippen molar-refractivity contribution >= 4 is 0 Å². The highest BCUT2D eigenvalue weighted by atomic mass is 19.4. The van der Waals surface area contributed by atoms with Gasteiger partial charge in [-0.2, -0.15) is 13.2 Å². The second-order valence-corrected chi connectivity index (χ2v) is 9.44. The molecule has 0 aromatic heterocycles. The molecule has 0 radical (unpaired) electrons. The molecule has 1 aliphatic rings. The minimum absolute atomic E-state index is 0.118. The number of benzene rings is 3. The number of rotatable bonds is 7. The summed E-state index contributed by atoms with van der Waals surface area (Å²) in [4.78, 5) is 0. The average molecular weight is 484 g/mol. The van der Waals surface area contributed by atoms with E-state index in [-0.39, 0.29) is 12.0 Å². The molecular formula is C29H32F3NO2. The number of ether oxygens (including phenoxy) is 2. The van der Waals surface area contributed by atoms with Crippen LogP contribution in [0.2, 0.25) is 0 Å². The Bertz CT molecular complexity index is 1150. The zero-order valence-corrected chi connectivity index (χ0v) is 20.5. The molecule has 1 saturated heterocycles. The molecule has 0 spiro atoms. The molecule has 1 aliphatic heterocycles. The molecule has 0 amide bonds. The molecular weight excluding hydrogens is 451 g/mol. The fourth-order valence-corrected chi connectivity index (χ4v) is 4.99. The van der Waals surface area contributed by atoms with Gasteiger partial charge in [-0.05, 0) is 103 Å². The SMILES string of the molecule is COc1cc(C)c(-c2cc(COCC3(c4ccccc4)CCNCC3)cc(C(F)(F)F)c2)cc1C. The van der Waals surface area contributed by atoms with E-state index in [0.29, 0.717) is 17.7 Å². The maximum Gasteiger partial charge on any atom is 0.416 e. The first kappa shape index (κ1) is 25.3. The fourth-order valence-electron chi connectivity index (χ4n) is 4.99. The molecule has 0 bridgehead atoms. The van der Waals surface area contributed by atoms with Crippen LogP contribution in [0, 0.1) is 13.8 Å². The second-order valence-electron chi connectivity index (χ2n) is 9.44. The Kier molecular flexibility index (Phi) is 7.53. The number of nitrogens with one attached hydrogen (secondary N) is 1. The highest BCUT2D eigenvalue weighted by Gasteiger charge is 2.34. The first-order chi connectivity index (χ1) is 16.7. The smallest absolute Gasteiger partial charge is 0.416 e. The maximum absolute atomic E-state index is 13.8. The zero-order valence-electron chi connectivity index (χ0n) is 20.5. The first-order valence-corrected chi connectivity index (χ1v) is 11.9. The highest BCUT2D eigenvalue weighted by Crippen LogP contribution is 2.37. The lowest BCUT2D eigenvalue weighted by Crippen LogP contribution is -2.43. The minimum atomic E-state index is -4.44. The molecule has 0 saturated carbocycles. The van der Waals surface area contributed by atoms with Gasteiger partial charge in [-0.15, -0.1) is 0 Å². The normalized spacial score (nSPS) is 15.7. The van der Waals surface area contributed by atoms with Crippen LogP contribution in [0.15, 0.2) is 60.7 Å². The number of methoxy groups -OCH3 is 1. The summed E-state index contributed by atoms with van der Waals surface area (Å²) >= 11 is 0. The molecule has 0 atom stereocenters. The van der Waals surface area contributed by atoms with Crippen LogP contribution >= 0.6 is 0 Å². The summed E-state index contributed by atoms with van der Waals surface area (Å²) in [5, 5.41) is 3.40. The van der Waals surface area contributed by atoms with Crippen LogP contribution in [0.3, 0.4) is 0 Å². The number of hydrogen-bond acceptors (Lipinski definition) is 3. The molecule has 6 heteroatoms. The van der Waals surface area contributed by atoms with E-state index in [1.807, 2.05) is 44.2 Å². The van der Waals surface area contributed by atoms with Gasteiger partial charge in [0.25, 0.3) is 0 Å². The quantitative estimate of drug-likeness (QED) is 0.399. The van der Waals surface area contributed by atoms with E-state index in [0.717, 1.165) is 48.4 Å². The first-order valence-electron chi connectivity index (χ1n) is 11.9. The van der Waals surface area contributed by atoms with E-state index < -0.39 is 11.7 Å². The van der Waals surface area contributed by atoms with Crippen LogP contribution in [-0.2, 0) is 22.9 Å². The van der Waals surface area contributed by atoms with Crippen LogP contribution in [0.4, 0.5) is 13.2 Å². The van der Waals surface area contributed by atoms with Crippen LogP contribution in [-0.4, -0.2) is 26.8 Å². The van der Waals surface area contributed by atoms with Crippen molar-refractivity contribution in [2.24, 2.45) is 0 Å². The van der Waals surface area contributed by atoms with Crippen molar-refractivity contribution in [3.05, 3.63) is 88.5 Å². The fraction of sp³-hybridized carbons (Fsp3) is 0.379. The van der Waals surface area contributed by atoms with Gasteiger partial charge in [0, 0.05) is 5.41 Å². The summed E-state index contributed by atoms with van der Waals surface area (Å²) in [6.45, 7) is 6.14. The molecule has 1 fully saturated rings. The van der Waals surface area contributed by atoms with Crippen molar-refractivity contribution in [3.8, 4) is 16.9 Å². The van der Waals surface area contributed by atoms with E-state index in [4.69, 9.17) is 9.47 Å². The van der Waals surface area contributed by atoms with Gasteiger partial charge in [-0.1, -0.05) is 30.3 Å². The number of piperidine rings is 1. The Balaban J connectivity index is 1.62. The van der Waals surface area contributed by atoms with Crippen LogP contribution in [0.5, 0.6) is 5.75 Å². The van der Waals surface area contributed by atoms with Crippen LogP contribution < -0.4 is 10.1 Å². The van der Waals surface area contributed by atoms with Crippen molar-refractivity contribution in [2.75, 3.05) is 26.8 Å². The van der Waals surface area contributed by atoms with Crippen molar-refractivity contribution in [1.82, 2.24) is 5.32 Å². The predicted octanol–water partition coefficient (Wildman–Crippen LogP) is 6.84. The van der Waals surface area contributed by atoms with Gasteiger partial charge in [-0.25, -0.2) is 0 Å². The van der Waals surface area contributed by atoms with Gasteiger partial charge in [0.2, 0.25) is 0 Å². The Morgan fingerprint density at radius 1 is 0.914 bits per heavy atom. The van der Waals surface area contributed by atoms with Gasteiger partial charge in [0.15, 0.2) is 0 Å². The molecule has 4 rings (SSSR count). The molecule has 3 aromatic rings. The number of aryl methyl sites for hydroxylation is 2. The summed E-state index contributed by atoms with van der Waals surface area (Å²) in [6, 6.07) is 18.2. The van der Waals surface area contributed by atoms with Crippen molar-refractivity contribution in [1.29, 1.82) is 0 Å². The average Bonchev–Trinajstić information content (AvgIpc) is 2.85. The molecule has 3 aromatic carbocycles. The Morgan fingerprint density at radius 3 is 2.29 bits per heavy atom. The molecule has 35 heavy (non-hydrogen) atoms. The van der Waals surface area contributed by atoms with Crippen molar-refractivity contribution in [3.63, 3.8) is 0 Å². The van der Waals surface area contributed by atoms with E-state index in [9.17, 15) is 13.2 Å². The van der Waals surface area contributed by atoms with E-state index in [1.165, 1.54) is 17.7 Å². The summed E-state index contributed by atoms with van der Waals surface area (Å²) < 4.78 is 52.9. The molecule has 3 nitrogen and oxygen atoms in total. The van der Waals surface area contributed by atoms with Gasteiger partial charge in [0.05, 0.1) is 25.9 Å². The van der Waals surface area contributed by atoms with Crippen LogP contribution in [0.25, 0.3) is 11.1 Å². The number of halogens is 3. The van der Waals surface area contributed by atoms with Gasteiger partial charge < -0.3 is 14.8 Å². The monoisotopic (exact) mass is 483 g/mol. The third kappa shape index (κ3) is 5.71. The summed E-state index contributed by atoms with van der Waals surface area (Å²) in [6.07, 6.45) is -2.59. The van der Waals surface area contributed by atoms with Crippen molar-refractivity contribution < 1.29 is 22.6 Å². The van der Waals surface area contributed by atoms with E-state index >= 15 is 0 Å².